The van der Waals surface area contributed by atoms with E-state index in [1.807, 2.05) is 6.92 Å². The Balaban J connectivity index is 2.07. The number of rotatable bonds is 5. The molecular formula is C15H15N3O2S. The van der Waals surface area contributed by atoms with E-state index in [2.05, 4.69) is 10.3 Å². The Morgan fingerprint density at radius 1 is 1.38 bits per heavy atom. The quantitative estimate of drug-likeness (QED) is 0.829. The lowest BCUT2D eigenvalue weighted by atomic mass is 10.2. The molecule has 3 N–H and O–H groups in total. The molecule has 0 saturated heterocycles. The van der Waals surface area contributed by atoms with E-state index in [-0.39, 0.29) is 17.5 Å². The van der Waals surface area contributed by atoms with E-state index in [9.17, 15) is 4.79 Å². The molecule has 1 aromatic carbocycles. The van der Waals surface area contributed by atoms with Crippen LogP contribution in [-0.2, 0) is 0 Å². The fourth-order valence-electron chi connectivity index (χ4n) is 1.70. The summed E-state index contributed by atoms with van der Waals surface area (Å²) in [5.74, 6) is 0.362. The van der Waals surface area contributed by atoms with E-state index in [4.69, 9.17) is 22.7 Å². The van der Waals surface area contributed by atoms with E-state index in [0.717, 1.165) is 5.56 Å². The van der Waals surface area contributed by atoms with Gasteiger partial charge in [-0.05, 0) is 30.7 Å². The van der Waals surface area contributed by atoms with E-state index < -0.39 is 0 Å². The van der Waals surface area contributed by atoms with Gasteiger partial charge in [-0.3, -0.25) is 9.78 Å². The van der Waals surface area contributed by atoms with Crippen molar-refractivity contribution in [1.29, 1.82) is 0 Å². The van der Waals surface area contributed by atoms with Crippen LogP contribution in [0.2, 0.25) is 0 Å². The highest BCUT2D eigenvalue weighted by atomic mass is 32.1. The molecule has 0 aliphatic heterocycles. The van der Waals surface area contributed by atoms with Crippen LogP contribution in [0.25, 0.3) is 0 Å². The van der Waals surface area contributed by atoms with E-state index in [1.54, 1.807) is 36.5 Å². The number of ether oxygens (including phenoxy) is 1. The highest BCUT2D eigenvalue weighted by Crippen LogP contribution is 2.18. The first kappa shape index (κ1) is 14.9. The summed E-state index contributed by atoms with van der Waals surface area (Å²) in [6.45, 7) is 2.04. The summed E-state index contributed by atoms with van der Waals surface area (Å²) < 4.78 is 5.38. The Labute approximate surface area is 128 Å². The number of benzene rings is 1. The smallest absolute Gasteiger partial charge is 0.257 e. The molecule has 0 fully saturated rings. The summed E-state index contributed by atoms with van der Waals surface area (Å²) in [4.78, 5) is 16.4. The number of thiocarbonyl (C=S) groups is 1. The molecule has 1 aromatic heterocycles. The van der Waals surface area contributed by atoms with Gasteiger partial charge in [-0.1, -0.05) is 18.3 Å². The maximum absolute atomic E-state index is 12.1. The van der Waals surface area contributed by atoms with Crippen molar-refractivity contribution >= 4 is 28.8 Å². The number of pyridine rings is 1. The third-order valence-corrected chi connectivity index (χ3v) is 2.73. The summed E-state index contributed by atoms with van der Waals surface area (Å²) in [7, 11) is 0. The van der Waals surface area contributed by atoms with Gasteiger partial charge in [-0.15, -0.1) is 0 Å². The van der Waals surface area contributed by atoms with Crippen molar-refractivity contribution in [2.45, 2.75) is 6.92 Å². The van der Waals surface area contributed by atoms with Crippen LogP contribution in [0.15, 0.2) is 42.7 Å². The molecule has 21 heavy (non-hydrogen) atoms. The van der Waals surface area contributed by atoms with Gasteiger partial charge in [0, 0.05) is 24.1 Å². The van der Waals surface area contributed by atoms with Crippen LogP contribution in [0.3, 0.4) is 0 Å². The first-order chi connectivity index (χ1) is 10.0. The van der Waals surface area contributed by atoms with Crippen molar-refractivity contribution in [2.24, 2.45) is 5.73 Å². The van der Waals surface area contributed by atoms with Crippen molar-refractivity contribution in [2.75, 3.05) is 11.9 Å². The minimum atomic E-state index is -0.224. The number of amides is 1. The average molecular weight is 301 g/mol. The van der Waals surface area contributed by atoms with Gasteiger partial charge < -0.3 is 15.8 Å². The maximum Gasteiger partial charge on any atom is 0.257 e. The number of nitrogens with two attached hydrogens (primary N) is 1. The van der Waals surface area contributed by atoms with Gasteiger partial charge in [0.05, 0.1) is 5.56 Å². The number of aromatic nitrogens is 1. The summed E-state index contributed by atoms with van der Waals surface area (Å²) in [5, 5.41) is 2.79. The van der Waals surface area contributed by atoms with Gasteiger partial charge in [0.2, 0.25) is 0 Å². The Hall–Kier alpha value is -2.47. The summed E-state index contributed by atoms with van der Waals surface area (Å²) in [5.41, 5.74) is 7.44. The molecule has 108 valence electrons. The van der Waals surface area contributed by atoms with Gasteiger partial charge >= 0.3 is 0 Å². The van der Waals surface area contributed by atoms with E-state index in [0.29, 0.717) is 17.0 Å². The number of nitrogens with zero attached hydrogens (tertiary/aromatic N) is 1. The average Bonchev–Trinajstić information content (AvgIpc) is 2.45. The van der Waals surface area contributed by atoms with E-state index in [1.165, 1.54) is 6.20 Å². The highest BCUT2D eigenvalue weighted by Gasteiger charge is 2.07. The molecule has 6 heteroatoms. The zero-order valence-electron chi connectivity index (χ0n) is 11.5. The molecule has 0 aliphatic carbocycles. The summed E-state index contributed by atoms with van der Waals surface area (Å²) in [6, 6.07) is 8.80. The Bertz CT molecular complexity index is 673. The van der Waals surface area contributed by atoms with Crippen LogP contribution in [0.1, 0.15) is 15.9 Å². The molecular weight excluding hydrogens is 286 g/mol. The molecule has 1 heterocycles. The van der Waals surface area contributed by atoms with Crippen molar-refractivity contribution in [3.8, 4) is 5.75 Å². The predicted molar refractivity (Wildman–Crippen MR) is 85.6 cm³/mol. The van der Waals surface area contributed by atoms with Crippen molar-refractivity contribution < 1.29 is 9.53 Å². The van der Waals surface area contributed by atoms with Gasteiger partial charge in [0.25, 0.3) is 5.91 Å². The SMILES string of the molecule is Cc1cncc(C(=O)Nc2cccc(OCC(N)=S)c2)c1. The number of aryl methyl sites for hydroxylation is 1. The van der Waals surface area contributed by atoms with Gasteiger partial charge in [-0.2, -0.15) is 0 Å². The molecule has 0 unspecified atom stereocenters. The van der Waals surface area contributed by atoms with Crippen molar-refractivity contribution in [3.63, 3.8) is 0 Å². The number of carbonyl (C=O) groups is 1. The third-order valence-electron chi connectivity index (χ3n) is 2.61. The summed E-state index contributed by atoms with van der Waals surface area (Å²) >= 11 is 4.75. The molecule has 1 amide bonds. The molecule has 5 nitrogen and oxygen atoms in total. The van der Waals surface area contributed by atoms with E-state index >= 15 is 0 Å². The maximum atomic E-state index is 12.1. The van der Waals surface area contributed by atoms with Crippen LogP contribution in [0.5, 0.6) is 5.75 Å². The summed E-state index contributed by atoms with van der Waals surface area (Å²) in [6.07, 6.45) is 3.22. The molecule has 0 spiro atoms. The molecule has 0 bridgehead atoms. The first-order valence-electron chi connectivity index (χ1n) is 6.29. The van der Waals surface area contributed by atoms with Gasteiger partial charge in [-0.25, -0.2) is 0 Å². The predicted octanol–water partition coefficient (Wildman–Crippen LogP) is 2.31. The lowest BCUT2D eigenvalue weighted by Crippen LogP contribution is -2.18. The van der Waals surface area contributed by atoms with Gasteiger partial charge in [0.1, 0.15) is 17.3 Å². The molecule has 2 aromatic rings. The van der Waals surface area contributed by atoms with Crippen LogP contribution in [-0.4, -0.2) is 22.5 Å². The lowest BCUT2D eigenvalue weighted by Gasteiger charge is -2.09. The minimum Gasteiger partial charge on any atom is -0.486 e. The van der Waals surface area contributed by atoms with Crippen molar-refractivity contribution in [1.82, 2.24) is 4.98 Å². The Morgan fingerprint density at radius 2 is 2.19 bits per heavy atom. The second-order valence-corrected chi connectivity index (χ2v) is 5.01. The third kappa shape index (κ3) is 4.54. The first-order valence-corrected chi connectivity index (χ1v) is 6.69. The molecule has 0 aliphatic rings. The lowest BCUT2D eigenvalue weighted by molar-refractivity contribution is 0.102. The molecule has 2 rings (SSSR count). The van der Waals surface area contributed by atoms with Gasteiger partial charge in [0.15, 0.2) is 0 Å². The topological polar surface area (TPSA) is 77.2 Å². The number of nitrogens with one attached hydrogen (secondary N) is 1. The zero-order valence-corrected chi connectivity index (χ0v) is 12.3. The van der Waals surface area contributed by atoms with Crippen molar-refractivity contribution in [3.05, 3.63) is 53.9 Å². The molecule has 0 radical (unpaired) electrons. The second-order valence-electron chi connectivity index (χ2n) is 4.49. The zero-order chi connectivity index (χ0) is 15.2. The Kier molecular flexibility index (Phi) is 4.84. The van der Waals surface area contributed by atoms with Crippen LogP contribution >= 0.6 is 12.2 Å². The number of hydrogen-bond donors (Lipinski definition) is 2. The normalized spacial score (nSPS) is 9.95. The largest absolute Gasteiger partial charge is 0.486 e. The fourth-order valence-corrected chi connectivity index (χ4v) is 1.76. The standard InChI is InChI=1S/C15H15N3O2S/c1-10-5-11(8-17-7-10)15(19)18-12-3-2-4-13(6-12)20-9-14(16)21/h2-8H,9H2,1H3,(H2,16,21)(H,18,19). The monoisotopic (exact) mass is 301 g/mol. The minimum absolute atomic E-state index is 0.161. The Morgan fingerprint density at radius 3 is 2.90 bits per heavy atom. The molecule has 0 saturated carbocycles. The number of carbonyl (C=O) groups excluding carboxylic acids is 1. The van der Waals surface area contributed by atoms with Crippen LogP contribution in [0.4, 0.5) is 5.69 Å². The second kappa shape index (κ2) is 6.81. The van der Waals surface area contributed by atoms with Crippen LogP contribution < -0.4 is 15.8 Å². The number of hydrogen-bond acceptors (Lipinski definition) is 4. The number of anilines is 1. The fraction of sp³-hybridized carbons (Fsp3) is 0.133. The highest BCUT2D eigenvalue weighted by molar-refractivity contribution is 7.80. The molecule has 0 atom stereocenters. The van der Waals surface area contributed by atoms with Crippen LogP contribution in [0, 0.1) is 6.92 Å².